The second-order valence-corrected chi connectivity index (χ2v) is 8.16. The van der Waals surface area contributed by atoms with Crippen molar-refractivity contribution in [1.29, 1.82) is 0 Å². The highest BCUT2D eigenvalue weighted by molar-refractivity contribution is 5.99. The van der Waals surface area contributed by atoms with Crippen molar-refractivity contribution >= 4 is 22.4 Å². The number of unbranched alkanes of at least 4 members (excludes halogenated alkanes) is 1. The molecular weight excluding hydrogens is 334 g/mol. The lowest BCUT2D eigenvalue weighted by atomic mass is 9.79. The molecule has 27 heavy (non-hydrogen) atoms. The number of nitrogens with zero attached hydrogens (tertiary/aromatic N) is 1. The van der Waals surface area contributed by atoms with Gasteiger partial charge in [-0.25, -0.2) is 0 Å². The molecule has 0 spiro atoms. The summed E-state index contributed by atoms with van der Waals surface area (Å²) < 4.78 is 0. The number of nitrogens with one attached hydrogen (secondary N) is 2. The monoisotopic (exact) mass is 365 g/mol. The van der Waals surface area contributed by atoms with Gasteiger partial charge in [0.15, 0.2) is 0 Å². The molecular formula is C23H31N3O. The van der Waals surface area contributed by atoms with Crippen molar-refractivity contribution in [3.05, 3.63) is 41.6 Å². The standard InChI is InChI=1S/C23H31N3O/c1-4-6-10-26-14-17(23(27)25-15(3)5-2)11-19-18-8-7-9-20-22(18)16(13-24-20)12-21(19)26/h7-9,11,13,15,17,21,24H,4-6,10,12,14H2,1-3H3,(H,25,27)/t15?,17-,21-/m1/s1. The fourth-order valence-corrected chi connectivity index (χ4v) is 4.55. The van der Waals surface area contributed by atoms with Gasteiger partial charge in [-0.1, -0.05) is 38.5 Å². The van der Waals surface area contributed by atoms with Gasteiger partial charge in [0.05, 0.1) is 5.92 Å². The Kier molecular flexibility index (Phi) is 5.09. The SMILES string of the molecule is CCCCN1C[C@H](C(=O)NC(C)CC)C=C2c3cccc4[nH]cc(c34)C[C@H]21. The molecule has 1 aromatic heterocycles. The van der Waals surface area contributed by atoms with E-state index in [0.29, 0.717) is 6.04 Å². The number of hydrogen-bond acceptors (Lipinski definition) is 2. The van der Waals surface area contributed by atoms with Gasteiger partial charge < -0.3 is 10.3 Å². The maximum atomic E-state index is 12.9. The molecule has 4 heteroatoms. The summed E-state index contributed by atoms with van der Waals surface area (Å²) in [5.74, 6) is 0.0988. The van der Waals surface area contributed by atoms with Crippen molar-refractivity contribution in [3.8, 4) is 0 Å². The van der Waals surface area contributed by atoms with Crippen molar-refractivity contribution in [2.75, 3.05) is 13.1 Å². The van der Waals surface area contributed by atoms with Crippen LogP contribution in [0.2, 0.25) is 0 Å². The molecule has 2 heterocycles. The topological polar surface area (TPSA) is 48.1 Å². The average molecular weight is 366 g/mol. The Bertz CT molecular complexity index is 866. The van der Waals surface area contributed by atoms with E-state index in [1.54, 1.807) is 0 Å². The maximum Gasteiger partial charge on any atom is 0.228 e. The average Bonchev–Trinajstić information content (AvgIpc) is 3.10. The van der Waals surface area contributed by atoms with Crippen LogP contribution in [0.15, 0.2) is 30.5 Å². The van der Waals surface area contributed by atoms with E-state index < -0.39 is 0 Å². The fraction of sp³-hybridized carbons (Fsp3) is 0.522. The predicted octanol–water partition coefficient (Wildman–Crippen LogP) is 4.12. The zero-order chi connectivity index (χ0) is 19.0. The fourth-order valence-electron chi connectivity index (χ4n) is 4.55. The van der Waals surface area contributed by atoms with Crippen molar-refractivity contribution in [3.63, 3.8) is 0 Å². The summed E-state index contributed by atoms with van der Waals surface area (Å²) in [6.45, 7) is 8.31. The van der Waals surface area contributed by atoms with Crippen LogP contribution in [-0.4, -0.2) is 41.0 Å². The summed E-state index contributed by atoms with van der Waals surface area (Å²) in [6, 6.07) is 7.11. The summed E-state index contributed by atoms with van der Waals surface area (Å²) >= 11 is 0. The summed E-state index contributed by atoms with van der Waals surface area (Å²) in [6.07, 6.45) is 8.78. The number of amides is 1. The normalized spacial score (nSPS) is 23.0. The lowest BCUT2D eigenvalue weighted by molar-refractivity contribution is -0.125. The lowest BCUT2D eigenvalue weighted by Crippen LogP contribution is -2.49. The number of carbonyl (C=O) groups is 1. The molecule has 0 fully saturated rings. The van der Waals surface area contributed by atoms with Crippen LogP contribution in [0.4, 0.5) is 0 Å². The first-order chi connectivity index (χ1) is 13.1. The zero-order valence-electron chi connectivity index (χ0n) is 16.7. The Labute approximate surface area is 162 Å². The highest BCUT2D eigenvalue weighted by Gasteiger charge is 2.37. The Morgan fingerprint density at radius 3 is 3.00 bits per heavy atom. The molecule has 1 unspecified atom stereocenters. The van der Waals surface area contributed by atoms with E-state index in [2.05, 4.69) is 66.4 Å². The Morgan fingerprint density at radius 1 is 1.37 bits per heavy atom. The predicted molar refractivity (Wildman–Crippen MR) is 112 cm³/mol. The number of aromatic amines is 1. The van der Waals surface area contributed by atoms with Crippen LogP contribution in [0, 0.1) is 5.92 Å². The zero-order valence-corrected chi connectivity index (χ0v) is 16.7. The smallest absolute Gasteiger partial charge is 0.228 e. The van der Waals surface area contributed by atoms with E-state index in [0.717, 1.165) is 25.9 Å². The van der Waals surface area contributed by atoms with E-state index in [4.69, 9.17) is 0 Å². The molecule has 0 bridgehead atoms. The van der Waals surface area contributed by atoms with Gasteiger partial charge in [-0.3, -0.25) is 9.69 Å². The van der Waals surface area contributed by atoms with Gasteiger partial charge in [-0.15, -0.1) is 0 Å². The second kappa shape index (κ2) is 7.51. The van der Waals surface area contributed by atoms with Gasteiger partial charge in [0.1, 0.15) is 0 Å². The van der Waals surface area contributed by atoms with Gasteiger partial charge in [0.2, 0.25) is 5.91 Å². The van der Waals surface area contributed by atoms with Gasteiger partial charge in [-0.05, 0) is 55.5 Å². The molecule has 3 atom stereocenters. The highest BCUT2D eigenvalue weighted by Crippen LogP contribution is 2.41. The molecule has 144 valence electrons. The minimum absolute atomic E-state index is 0.0714. The van der Waals surface area contributed by atoms with Gasteiger partial charge in [0, 0.05) is 35.7 Å². The quantitative estimate of drug-likeness (QED) is 0.809. The van der Waals surface area contributed by atoms with Crippen molar-refractivity contribution in [2.45, 2.75) is 58.5 Å². The molecule has 4 nitrogen and oxygen atoms in total. The lowest BCUT2D eigenvalue weighted by Gasteiger charge is -2.41. The van der Waals surface area contributed by atoms with Crippen LogP contribution < -0.4 is 5.32 Å². The van der Waals surface area contributed by atoms with Crippen LogP contribution in [0.3, 0.4) is 0 Å². The molecule has 1 aliphatic carbocycles. The number of hydrogen-bond donors (Lipinski definition) is 2. The van der Waals surface area contributed by atoms with Crippen molar-refractivity contribution < 1.29 is 4.79 Å². The summed E-state index contributed by atoms with van der Waals surface area (Å²) in [5.41, 5.74) is 5.27. The van der Waals surface area contributed by atoms with E-state index in [1.807, 2.05) is 0 Å². The third-order valence-corrected chi connectivity index (χ3v) is 6.26. The first-order valence-electron chi connectivity index (χ1n) is 10.5. The molecule has 1 aromatic carbocycles. The van der Waals surface area contributed by atoms with E-state index >= 15 is 0 Å². The number of rotatable bonds is 6. The summed E-state index contributed by atoms with van der Waals surface area (Å²) in [4.78, 5) is 18.9. The molecule has 2 aromatic rings. The van der Waals surface area contributed by atoms with Gasteiger partial charge in [-0.2, -0.15) is 0 Å². The molecule has 0 saturated heterocycles. The van der Waals surface area contributed by atoms with Crippen LogP contribution >= 0.6 is 0 Å². The molecule has 1 amide bonds. The molecule has 2 aliphatic rings. The van der Waals surface area contributed by atoms with Crippen LogP contribution in [-0.2, 0) is 11.2 Å². The Balaban J connectivity index is 1.73. The third-order valence-electron chi connectivity index (χ3n) is 6.26. The largest absolute Gasteiger partial charge is 0.361 e. The summed E-state index contributed by atoms with van der Waals surface area (Å²) in [7, 11) is 0. The van der Waals surface area contributed by atoms with Crippen molar-refractivity contribution in [2.24, 2.45) is 5.92 Å². The minimum atomic E-state index is -0.0714. The Morgan fingerprint density at radius 2 is 2.22 bits per heavy atom. The molecule has 0 saturated carbocycles. The van der Waals surface area contributed by atoms with Gasteiger partial charge >= 0.3 is 0 Å². The number of carbonyl (C=O) groups excluding carboxylic acids is 1. The van der Waals surface area contributed by atoms with Crippen LogP contribution in [0.25, 0.3) is 16.5 Å². The molecule has 1 aliphatic heterocycles. The number of fused-ring (bicyclic) bond motifs is 2. The van der Waals surface area contributed by atoms with Crippen LogP contribution in [0.1, 0.15) is 51.2 Å². The van der Waals surface area contributed by atoms with E-state index in [1.165, 1.54) is 40.4 Å². The van der Waals surface area contributed by atoms with Crippen molar-refractivity contribution in [1.82, 2.24) is 15.2 Å². The first-order valence-corrected chi connectivity index (χ1v) is 10.5. The minimum Gasteiger partial charge on any atom is -0.361 e. The molecule has 4 rings (SSSR count). The van der Waals surface area contributed by atoms with Crippen LogP contribution in [0.5, 0.6) is 0 Å². The summed E-state index contributed by atoms with van der Waals surface area (Å²) in [5, 5.41) is 4.54. The van der Waals surface area contributed by atoms with Gasteiger partial charge in [0.25, 0.3) is 0 Å². The highest BCUT2D eigenvalue weighted by atomic mass is 16.2. The van der Waals surface area contributed by atoms with E-state index in [9.17, 15) is 4.79 Å². The Hall–Kier alpha value is -2.07. The second-order valence-electron chi connectivity index (χ2n) is 8.16. The number of H-pyrrole nitrogens is 1. The first kappa shape index (κ1) is 18.3. The molecule has 2 N–H and O–H groups in total. The third kappa shape index (κ3) is 3.31. The number of aromatic nitrogens is 1. The molecule has 0 radical (unpaired) electrons. The maximum absolute atomic E-state index is 12.9. The van der Waals surface area contributed by atoms with E-state index in [-0.39, 0.29) is 17.9 Å². The number of benzene rings is 1.